The smallest absolute Gasteiger partial charge is 0.262 e. The standard InChI is InChI=1S/C25H18F2N2O4S/c26-20-11-5-4-10-19(20)25(30)28-22-15-14-18(16-21(22)27)34(31,32)29-23-12-6-7-13-24(23)33-17-8-2-1-3-9-17/h1-16,29H,(H,28,30). The highest BCUT2D eigenvalue weighted by Gasteiger charge is 2.20. The molecule has 9 heteroatoms. The van der Waals surface area contributed by atoms with Crippen LogP contribution in [-0.4, -0.2) is 14.3 Å². The predicted molar refractivity (Wildman–Crippen MR) is 125 cm³/mol. The number of para-hydroxylation sites is 3. The van der Waals surface area contributed by atoms with Crippen molar-refractivity contribution in [3.05, 3.63) is 114 Å². The molecule has 4 aromatic rings. The van der Waals surface area contributed by atoms with Crippen molar-refractivity contribution in [1.82, 2.24) is 0 Å². The van der Waals surface area contributed by atoms with Crippen LogP contribution in [0.2, 0.25) is 0 Å². The van der Waals surface area contributed by atoms with Gasteiger partial charge in [0.25, 0.3) is 15.9 Å². The van der Waals surface area contributed by atoms with Crippen molar-refractivity contribution >= 4 is 27.3 Å². The number of carbonyl (C=O) groups excluding carboxylic acids is 1. The molecule has 0 spiro atoms. The number of benzene rings is 4. The summed E-state index contributed by atoms with van der Waals surface area (Å²) in [5.74, 6) is -1.86. The van der Waals surface area contributed by atoms with E-state index in [2.05, 4.69) is 10.0 Å². The molecule has 0 saturated heterocycles. The Hall–Kier alpha value is -4.24. The fourth-order valence-electron chi connectivity index (χ4n) is 3.06. The van der Waals surface area contributed by atoms with E-state index in [0.29, 0.717) is 5.75 Å². The molecule has 4 rings (SSSR count). The lowest BCUT2D eigenvalue weighted by molar-refractivity contribution is 0.102. The van der Waals surface area contributed by atoms with Crippen LogP contribution >= 0.6 is 0 Å². The normalized spacial score (nSPS) is 11.0. The van der Waals surface area contributed by atoms with Crippen molar-refractivity contribution in [3.63, 3.8) is 0 Å². The van der Waals surface area contributed by atoms with E-state index < -0.39 is 27.6 Å². The summed E-state index contributed by atoms with van der Waals surface area (Å²) in [5.41, 5.74) is -0.404. The van der Waals surface area contributed by atoms with E-state index in [9.17, 15) is 22.0 Å². The highest BCUT2D eigenvalue weighted by atomic mass is 32.2. The molecule has 2 N–H and O–H groups in total. The third kappa shape index (κ3) is 5.21. The van der Waals surface area contributed by atoms with Crippen LogP contribution in [-0.2, 0) is 10.0 Å². The molecule has 0 heterocycles. The second-order valence-corrected chi connectivity index (χ2v) is 8.77. The van der Waals surface area contributed by atoms with Crippen LogP contribution in [0.1, 0.15) is 10.4 Å². The average molecular weight is 480 g/mol. The Morgan fingerprint density at radius 2 is 1.41 bits per heavy atom. The largest absolute Gasteiger partial charge is 0.455 e. The van der Waals surface area contributed by atoms with Crippen molar-refractivity contribution < 1.29 is 26.7 Å². The lowest BCUT2D eigenvalue weighted by atomic mass is 10.2. The third-order valence-corrected chi connectivity index (χ3v) is 6.08. The van der Waals surface area contributed by atoms with Crippen LogP contribution in [0.4, 0.5) is 20.2 Å². The molecule has 0 fully saturated rings. The molecule has 0 bridgehead atoms. The maximum absolute atomic E-state index is 14.6. The van der Waals surface area contributed by atoms with Crippen LogP contribution in [0.3, 0.4) is 0 Å². The molecule has 0 unspecified atom stereocenters. The number of amides is 1. The quantitative estimate of drug-likeness (QED) is 0.350. The first-order valence-electron chi connectivity index (χ1n) is 10.0. The number of hydrogen-bond donors (Lipinski definition) is 2. The van der Waals surface area contributed by atoms with Crippen molar-refractivity contribution in [3.8, 4) is 11.5 Å². The van der Waals surface area contributed by atoms with Gasteiger partial charge in [0, 0.05) is 0 Å². The molecule has 0 aliphatic rings. The average Bonchev–Trinajstić information content (AvgIpc) is 2.82. The van der Waals surface area contributed by atoms with Gasteiger partial charge in [0.15, 0.2) is 5.75 Å². The van der Waals surface area contributed by atoms with Gasteiger partial charge in [0.2, 0.25) is 0 Å². The minimum atomic E-state index is -4.20. The van der Waals surface area contributed by atoms with Gasteiger partial charge in [-0.15, -0.1) is 0 Å². The van der Waals surface area contributed by atoms with Gasteiger partial charge in [-0.1, -0.05) is 42.5 Å². The van der Waals surface area contributed by atoms with Gasteiger partial charge in [-0.3, -0.25) is 9.52 Å². The number of hydrogen-bond acceptors (Lipinski definition) is 4. The molecule has 172 valence electrons. The van der Waals surface area contributed by atoms with Gasteiger partial charge in [-0.25, -0.2) is 17.2 Å². The molecule has 34 heavy (non-hydrogen) atoms. The second-order valence-electron chi connectivity index (χ2n) is 7.09. The van der Waals surface area contributed by atoms with Gasteiger partial charge in [-0.2, -0.15) is 0 Å². The maximum atomic E-state index is 14.6. The highest BCUT2D eigenvalue weighted by molar-refractivity contribution is 7.92. The molecule has 0 radical (unpaired) electrons. The minimum Gasteiger partial charge on any atom is -0.455 e. The Labute approximate surface area is 194 Å². The summed E-state index contributed by atoms with van der Waals surface area (Å²) in [4.78, 5) is 11.9. The monoisotopic (exact) mass is 480 g/mol. The number of carbonyl (C=O) groups is 1. The summed E-state index contributed by atoms with van der Waals surface area (Å²) in [6, 6.07) is 23.4. The van der Waals surface area contributed by atoms with Crippen molar-refractivity contribution in [2.45, 2.75) is 4.90 Å². The topological polar surface area (TPSA) is 84.5 Å². The Kier molecular flexibility index (Phi) is 6.55. The Bertz CT molecular complexity index is 1440. The van der Waals surface area contributed by atoms with E-state index >= 15 is 0 Å². The Morgan fingerprint density at radius 1 is 0.735 bits per heavy atom. The van der Waals surface area contributed by atoms with Gasteiger partial charge in [-0.05, 0) is 54.6 Å². The number of sulfonamides is 1. The molecular formula is C25H18F2N2O4S. The Balaban J connectivity index is 1.54. The fraction of sp³-hybridized carbons (Fsp3) is 0. The molecule has 0 aliphatic carbocycles. The van der Waals surface area contributed by atoms with E-state index in [4.69, 9.17) is 4.74 Å². The summed E-state index contributed by atoms with van der Waals surface area (Å²) in [5, 5.41) is 2.24. The van der Waals surface area contributed by atoms with E-state index in [0.717, 1.165) is 24.3 Å². The summed E-state index contributed by atoms with van der Waals surface area (Å²) in [6.45, 7) is 0. The predicted octanol–water partition coefficient (Wildman–Crippen LogP) is 5.81. The first-order chi connectivity index (χ1) is 16.3. The lowest BCUT2D eigenvalue weighted by Crippen LogP contribution is -2.16. The first-order valence-corrected chi connectivity index (χ1v) is 11.5. The highest BCUT2D eigenvalue weighted by Crippen LogP contribution is 2.31. The zero-order chi connectivity index (χ0) is 24.1. The van der Waals surface area contributed by atoms with E-state index in [-0.39, 0.29) is 27.6 Å². The molecule has 0 atom stereocenters. The summed E-state index contributed by atoms with van der Waals surface area (Å²) in [6.07, 6.45) is 0. The fourth-order valence-corrected chi connectivity index (χ4v) is 4.14. The summed E-state index contributed by atoms with van der Waals surface area (Å²) >= 11 is 0. The van der Waals surface area contributed by atoms with Crippen molar-refractivity contribution in [2.24, 2.45) is 0 Å². The van der Waals surface area contributed by atoms with Crippen molar-refractivity contribution in [2.75, 3.05) is 10.0 Å². The summed E-state index contributed by atoms with van der Waals surface area (Å²) in [7, 11) is -4.20. The van der Waals surface area contributed by atoms with Gasteiger partial charge >= 0.3 is 0 Å². The first kappa shape index (κ1) is 22.9. The zero-order valence-electron chi connectivity index (χ0n) is 17.5. The van der Waals surface area contributed by atoms with E-state index in [1.165, 1.54) is 24.3 Å². The van der Waals surface area contributed by atoms with Gasteiger partial charge < -0.3 is 10.1 Å². The number of nitrogens with one attached hydrogen (secondary N) is 2. The summed E-state index contributed by atoms with van der Waals surface area (Å²) < 4.78 is 62.3. The SMILES string of the molecule is O=C(Nc1ccc(S(=O)(=O)Nc2ccccc2Oc2ccccc2)cc1F)c1ccccc1F. The van der Waals surface area contributed by atoms with Crippen LogP contribution in [0.25, 0.3) is 0 Å². The second kappa shape index (κ2) is 9.72. The number of rotatable bonds is 7. The number of anilines is 2. The van der Waals surface area contributed by atoms with Crippen LogP contribution in [0, 0.1) is 11.6 Å². The lowest BCUT2D eigenvalue weighted by Gasteiger charge is -2.14. The molecule has 0 aliphatic heterocycles. The van der Waals surface area contributed by atoms with Crippen molar-refractivity contribution in [1.29, 1.82) is 0 Å². The van der Waals surface area contributed by atoms with Crippen LogP contribution < -0.4 is 14.8 Å². The Morgan fingerprint density at radius 3 is 2.15 bits per heavy atom. The van der Waals surface area contributed by atoms with E-state index in [1.807, 2.05) is 6.07 Å². The van der Waals surface area contributed by atoms with Crippen LogP contribution in [0.15, 0.2) is 102 Å². The van der Waals surface area contributed by atoms with Gasteiger partial charge in [0.05, 0.1) is 21.8 Å². The molecule has 1 amide bonds. The molecule has 0 aromatic heterocycles. The van der Waals surface area contributed by atoms with Crippen LogP contribution in [0.5, 0.6) is 11.5 Å². The number of ether oxygens (including phenoxy) is 1. The molecular weight excluding hydrogens is 462 g/mol. The third-order valence-electron chi connectivity index (χ3n) is 4.72. The van der Waals surface area contributed by atoms with E-state index in [1.54, 1.807) is 42.5 Å². The zero-order valence-corrected chi connectivity index (χ0v) is 18.4. The number of halogens is 2. The van der Waals surface area contributed by atoms with Gasteiger partial charge in [0.1, 0.15) is 17.4 Å². The molecule has 4 aromatic carbocycles. The maximum Gasteiger partial charge on any atom is 0.262 e. The molecule has 0 saturated carbocycles. The minimum absolute atomic E-state index is 0.156. The molecule has 6 nitrogen and oxygen atoms in total.